The Labute approximate surface area is 131 Å². The average molecular weight is 276 g/mol. The molecule has 1 atom stereocenters. The molecule has 0 fully saturated rings. The minimum absolute atomic E-state index is 0. The van der Waals surface area contributed by atoms with Crippen LogP contribution in [-0.4, -0.2) is 27.6 Å². The van der Waals surface area contributed by atoms with Crippen molar-refractivity contribution in [2.24, 2.45) is 0 Å². The first-order valence-corrected chi connectivity index (χ1v) is 7.64. The van der Waals surface area contributed by atoms with Crippen molar-refractivity contribution >= 4 is 29.9 Å². The molecular formula is C15H25LiO2S. The van der Waals surface area contributed by atoms with Crippen LogP contribution in [-0.2, 0) is 11.1 Å². The van der Waals surface area contributed by atoms with Gasteiger partial charge in [0.25, 0.3) is 0 Å². The molecular weight excluding hydrogens is 251 g/mol. The Morgan fingerprint density at radius 3 is 1.47 bits per heavy atom. The van der Waals surface area contributed by atoms with Gasteiger partial charge in [-0.1, -0.05) is 53.7 Å². The van der Waals surface area contributed by atoms with E-state index in [9.17, 15) is 8.76 Å². The van der Waals surface area contributed by atoms with E-state index in [2.05, 4.69) is 53.7 Å². The molecule has 0 bridgehead atoms. The second kappa shape index (κ2) is 7.64. The molecule has 0 aliphatic heterocycles. The summed E-state index contributed by atoms with van der Waals surface area (Å²) in [5, 5.41) is 0. The predicted octanol–water partition coefficient (Wildman–Crippen LogP) is 3.99. The molecule has 0 saturated carbocycles. The van der Waals surface area contributed by atoms with Crippen molar-refractivity contribution in [1.82, 2.24) is 0 Å². The Bertz CT molecular complexity index is 424. The Morgan fingerprint density at radius 2 is 1.26 bits per heavy atom. The normalized spacial score (nSPS) is 12.9. The van der Waals surface area contributed by atoms with E-state index in [4.69, 9.17) is 0 Å². The summed E-state index contributed by atoms with van der Waals surface area (Å²) in [4.78, 5) is 0.615. The molecule has 1 N–H and O–H groups in total. The van der Waals surface area contributed by atoms with E-state index < -0.39 is 11.1 Å². The second-order valence-corrected chi connectivity index (χ2v) is 6.65. The standard InChI is InChI=1S/C15H24O2S.Li.H/c1-9(2)12-7-13(10(3)4)15(18(16)17)14(8-12)11(5)6;;/h7-11H,1-6H3,(H,16,17);;. The number of benzene rings is 1. The van der Waals surface area contributed by atoms with Gasteiger partial charge in [-0.3, -0.25) is 0 Å². The van der Waals surface area contributed by atoms with Crippen molar-refractivity contribution in [2.45, 2.75) is 64.2 Å². The quantitative estimate of drug-likeness (QED) is 0.667. The summed E-state index contributed by atoms with van der Waals surface area (Å²) in [7, 11) is 0. The van der Waals surface area contributed by atoms with Crippen molar-refractivity contribution in [2.75, 3.05) is 0 Å². The van der Waals surface area contributed by atoms with Crippen LogP contribution < -0.4 is 0 Å². The van der Waals surface area contributed by atoms with Gasteiger partial charge in [0.2, 0.25) is 0 Å². The predicted molar refractivity (Wildman–Crippen MR) is 84.9 cm³/mol. The first kappa shape index (κ1) is 18.9. The van der Waals surface area contributed by atoms with Crippen LogP contribution in [0.25, 0.3) is 0 Å². The fourth-order valence-electron chi connectivity index (χ4n) is 2.09. The summed E-state index contributed by atoms with van der Waals surface area (Å²) in [6, 6.07) is 4.18. The van der Waals surface area contributed by atoms with Crippen molar-refractivity contribution in [3.8, 4) is 0 Å². The van der Waals surface area contributed by atoms with Gasteiger partial charge >= 0.3 is 18.9 Å². The molecule has 0 heterocycles. The van der Waals surface area contributed by atoms with Crippen LogP contribution in [0.5, 0.6) is 0 Å². The first-order chi connectivity index (χ1) is 8.25. The zero-order valence-corrected chi connectivity index (χ0v) is 13.0. The number of hydrogen-bond acceptors (Lipinski definition) is 1. The van der Waals surface area contributed by atoms with Gasteiger partial charge in [-0.05, 0) is 34.4 Å². The molecule has 0 spiro atoms. The van der Waals surface area contributed by atoms with E-state index in [1.165, 1.54) is 5.56 Å². The SMILES string of the molecule is CC(C)c1cc(C(C)C)c(S(=O)O)c(C(C)C)c1.[LiH]. The van der Waals surface area contributed by atoms with E-state index in [1.807, 2.05) is 0 Å². The Balaban J connectivity index is 0.00000324. The molecule has 0 radical (unpaired) electrons. The molecule has 0 amide bonds. The third-order valence-corrected chi connectivity index (χ3v) is 4.07. The third-order valence-electron chi connectivity index (χ3n) is 3.25. The van der Waals surface area contributed by atoms with Gasteiger partial charge in [0.15, 0.2) is 11.1 Å². The number of rotatable bonds is 4. The molecule has 0 aromatic heterocycles. The molecule has 0 saturated heterocycles. The summed E-state index contributed by atoms with van der Waals surface area (Å²) in [6.07, 6.45) is 0. The number of hydrogen-bond donors (Lipinski definition) is 1. The monoisotopic (exact) mass is 276 g/mol. The average Bonchev–Trinajstić information content (AvgIpc) is 2.26. The van der Waals surface area contributed by atoms with Gasteiger partial charge in [0.1, 0.15) is 0 Å². The fourth-order valence-corrected chi connectivity index (χ4v) is 3.08. The van der Waals surface area contributed by atoms with Crippen LogP contribution >= 0.6 is 0 Å². The molecule has 1 aromatic carbocycles. The zero-order chi connectivity index (χ0) is 14.0. The van der Waals surface area contributed by atoms with Crippen LogP contribution in [0.2, 0.25) is 0 Å². The Kier molecular flexibility index (Phi) is 7.61. The molecule has 19 heavy (non-hydrogen) atoms. The van der Waals surface area contributed by atoms with Crippen molar-refractivity contribution in [3.05, 3.63) is 28.8 Å². The van der Waals surface area contributed by atoms with Crippen LogP contribution in [0, 0.1) is 0 Å². The van der Waals surface area contributed by atoms with Crippen LogP contribution in [0.3, 0.4) is 0 Å². The Morgan fingerprint density at radius 1 is 0.895 bits per heavy atom. The molecule has 1 aromatic rings. The third kappa shape index (κ3) is 4.46. The van der Waals surface area contributed by atoms with Gasteiger partial charge in [-0.2, -0.15) is 0 Å². The fraction of sp³-hybridized carbons (Fsp3) is 0.600. The molecule has 2 nitrogen and oxygen atoms in total. The van der Waals surface area contributed by atoms with Crippen LogP contribution in [0.15, 0.2) is 17.0 Å². The molecule has 1 rings (SSSR count). The first-order valence-electron chi connectivity index (χ1n) is 6.54. The van der Waals surface area contributed by atoms with E-state index in [0.29, 0.717) is 10.8 Å². The minimum atomic E-state index is -1.91. The van der Waals surface area contributed by atoms with Crippen molar-refractivity contribution < 1.29 is 8.76 Å². The van der Waals surface area contributed by atoms with E-state index in [1.54, 1.807) is 0 Å². The summed E-state index contributed by atoms with van der Waals surface area (Å²) >= 11 is -1.91. The summed E-state index contributed by atoms with van der Waals surface area (Å²) in [5.74, 6) is 0.945. The van der Waals surface area contributed by atoms with Gasteiger partial charge in [0, 0.05) is 0 Å². The van der Waals surface area contributed by atoms with Gasteiger partial charge in [0.05, 0.1) is 4.90 Å². The summed E-state index contributed by atoms with van der Waals surface area (Å²) in [6.45, 7) is 12.6. The van der Waals surface area contributed by atoms with Gasteiger partial charge in [-0.15, -0.1) is 0 Å². The molecule has 104 valence electrons. The Hall–Kier alpha value is -0.0726. The van der Waals surface area contributed by atoms with Crippen LogP contribution in [0.1, 0.15) is 76.0 Å². The summed E-state index contributed by atoms with van der Waals surface area (Å²) < 4.78 is 21.2. The zero-order valence-electron chi connectivity index (χ0n) is 12.2. The maximum absolute atomic E-state index is 11.6. The van der Waals surface area contributed by atoms with E-state index in [-0.39, 0.29) is 30.7 Å². The maximum atomic E-state index is 11.6. The topological polar surface area (TPSA) is 37.3 Å². The van der Waals surface area contributed by atoms with E-state index in [0.717, 1.165) is 11.1 Å². The van der Waals surface area contributed by atoms with E-state index >= 15 is 0 Å². The second-order valence-electron chi connectivity index (χ2n) is 5.74. The van der Waals surface area contributed by atoms with Gasteiger partial charge < -0.3 is 4.55 Å². The van der Waals surface area contributed by atoms with Crippen LogP contribution in [0.4, 0.5) is 0 Å². The van der Waals surface area contributed by atoms with Crippen molar-refractivity contribution in [1.29, 1.82) is 0 Å². The molecule has 0 aliphatic rings. The molecule has 4 heteroatoms. The van der Waals surface area contributed by atoms with Gasteiger partial charge in [-0.25, -0.2) is 4.21 Å². The summed E-state index contributed by atoms with van der Waals surface area (Å²) in [5.41, 5.74) is 3.26. The molecule has 0 aliphatic carbocycles. The molecule has 1 unspecified atom stereocenters. The van der Waals surface area contributed by atoms with Crippen molar-refractivity contribution in [3.63, 3.8) is 0 Å².